The molecule has 0 aliphatic heterocycles. The summed E-state index contributed by atoms with van der Waals surface area (Å²) in [6.07, 6.45) is 4.36. The fourth-order valence-corrected chi connectivity index (χ4v) is 3.53. The highest BCUT2D eigenvalue weighted by Gasteiger charge is 2.14. The predicted octanol–water partition coefficient (Wildman–Crippen LogP) is 4.92. The van der Waals surface area contributed by atoms with E-state index in [2.05, 4.69) is 11.9 Å². The summed E-state index contributed by atoms with van der Waals surface area (Å²) >= 11 is 0. The molecule has 0 atom stereocenters. The molecule has 4 rings (SSSR count). The molecule has 0 unspecified atom stereocenters. The van der Waals surface area contributed by atoms with Crippen LogP contribution in [0.3, 0.4) is 0 Å². The molecule has 0 aliphatic carbocycles. The van der Waals surface area contributed by atoms with Gasteiger partial charge in [0, 0.05) is 24.1 Å². The number of nitrogens with one attached hydrogen (secondary N) is 1. The number of amides is 1. The Morgan fingerprint density at radius 1 is 1.00 bits per heavy atom. The van der Waals surface area contributed by atoms with Crippen LogP contribution >= 0.6 is 0 Å². The first-order chi connectivity index (χ1) is 18.5. The molecule has 0 radical (unpaired) electrons. The topological polar surface area (TPSA) is 104 Å². The van der Waals surface area contributed by atoms with Crippen molar-refractivity contribution < 1.29 is 28.2 Å². The number of hydrogen-bond acceptors (Lipinski definition) is 7. The molecule has 0 saturated heterocycles. The number of carbonyl (C=O) groups is 2. The van der Waals surface area contributed by atoms with Crippen LogP contribution in [0.5, 0.6) is 17.2 Å². The van der Waals surface area contributed by atoms with Crippen molar-refractivity contribution >= 4 is 28.9 Å². The van der Waals surface area contributed by atoms with E-state index < -0.39 is 17.5 Å². The number of methoxy groups -OCH3 is 1. The Labute approximate surface area is 218 Å². The number of carbonyl (C=O) groups excluding carboxylic acids is 2. The molecule has 0 saturated carbocycles. The summed E-state index contributed by atoms with van der Waals surface area (Å²) in [6, 6.07) is 21.0. The Morgan fingerprint density at radius 3 is 2.58 bits per heavy atom. The van der Waals surface area contributed by atoms with Crippen LogP contribution in [0.1, 0.15) is 21.5 Å². The van der Waals surface area contributed by atoms with E-state index in [1.807, 2.05) is 30.3 Å². The summed E-state index contributed by atoms with van der Waals surface area (Å²) in [4.78, 5) is 36.7. The summed E-state index contributed by atoms with van der Waals surface area (Å²) in [7, 11) is 1.54. The van der Waals surface area contributed by atoms with Crippen molar-refractivity contribution in [2.24, 2.45) is 0 Å². The van der Waals surface area contributed by atoms with E-state index in [9.17, 15) is 14.4 Å². The van der Waals surface area contributed by atoms with E-state index in [1.165, 1.54) is 24.3 Å². The number of esters is 1. The zero-order valence-corrected chi connectivity index (χ0v) is 20.6. The maximum atomic E-state index is 12.4. The van der Waals surface area contributed by atoms with E-state index in [-0.39, 0.29) is 23.4 Å². The zero-order valence-electron chi connectivity index (χ0n) is 20.6. The fraction of sp³-hybridized carbons (Fsp3) is 0.100. The van der Waals surface area contributed by atoms with Gasteiger partial charge in [0.05, 0.1) is 7.11 Å². The molecule has 8 nitrogen and oxygen atoms in total. The normalized spacial score (nSPS) is 10.8. The van der Waals surface area contributed by atoms with Gasteiger partial charge in [0.15, 0.2) is 11.5 Å². The molecule has 0 bridgehead atoms. The first-order valence-corrected chi connectivity index (χ1v) is 11.7. The Hall–Kier alpha value is -5.11. The summed E-state index contributed by atoms with van der Waals surface area (Å²) < 4.78 is 21.9. The molecular formula is C30H25NO7. The number of benzene rings is 3. The average Bonchev–Trinajstić information content (AvgIpc) is 2.94. The van der Waals surface area contributed by atoms with Crippen molar-refractivity contribution in [1.82, 2.24) is 5.32 Å². The Kier molecular flexibility index (Phi) is 8.35. The molecule has 0 spiro atoms. The first-order valence-electron chi connectivity index (χ1n) is 11.7. The molecule has 4 aromatic rings. The monoisotopic (exact) mass is 511 g/mol. The third-order valence-corrected chi connectivity index (χ3v) is 5.41. The van der Waals surface area contributed by atoms with Crippen LogP contribution < -0.4 is 25.2 Å². The molecule has 1 amide bonds. The van der Waals surface area contributed by atoms with E-state index in [0.29, 0.717) is 29.1 Å². The molecule has 3 aromatic carbocycles. The molecule has 0 fully saturated rings. The van der Waals surface area contributed by atoms with Crippen LogP contribution in [0, 0.1) is 0 Å². The summed E-state index contributed by atoms with van der Waals surface area (Å²) in [5.74, 6) is 0.0964. The van der Waals surface area contributed by atoms with E-state index >= 15 is 0 Å². The van der Waals surface area contributed by atoms with Crippen molar-refractivity contribution in [3.8, 4) is 17.2 Å². The number of hydrogen-bond donors (Lipinski definition) is 1. The van der Waals surface area contributed by atoms with Gasteiger partial charge in [0.2, 0.25) is 0 Å². The standard InChI is InChI=1S/C30H25NO7/c1-3-15-31-29(33)24-17-22-11-12-23(18-26(22)38-30(24)34)37-28(32)14-10-20-9-13-25(27(16-20)35-2)36-19-21-7-5-4-6-8-21/h3-14,16-18H,1,15,19H2,2H3,(H,31,33)/b14-10+. The number of ether oxygens (including phenoxy) is 3. The van der Waals surface area contributed by atoms with Crippen LogP contribution in [-0.2, 0) is 11.4 Å². The molecule has 1 aromatic heterocycles. The van der Waals surface area contributed by atoms with Gasteiger partial charge in [-0.2, -0.15) is 0 Å². The summed E-state index contributed by atoms with van der Waals surface area (Å²) in [5.41, 5.74) is 0.994. The van der Waals surface area contributed by atoms with Crippen LogP contribution in [0.4, 0.5) is 0 Å². The Balaban J connectivity index is 1.42. The second kappa shape index (κ2) is 12.2. The maximum Gasteiger partial charge on any atom is 0.349 e. The van der Waals surface area contributed by atoms with Gasteiger partial charge >= 0.3 is 11.6 Å². The second-order valence-corrected chi connectivity index (χ2v) is 8.08. The number of rotatable bonds is 10. The van der Waals surface area contributed by atoms with Gasteiger partial charge in [-0.1, -0.05) is 42.5 Å². The summed E-state index contributed by atoms with van der Waals surface area (Å²) in [5, 5.41) is 3.04. The average molecular weight is 512 g/mol. The molecule has 38 heavy (non-hydrogen) atoms. The van der Waals surface area contributed by atoms with Crippen molar-refractivity contribution in [2.45, 2.75) is 6.61 Å². The maximum absolute atomic E-state index is 12.4. The van der Waals surface area contributed by atoms with Gasteiger partial charge in [-0.05, 0) is 47.5 Å². The van der Waals surface area contributed by atoms with Crippen LogP contribution in [-0.4, -0.2) is 25.5 Å². The van der Waals surface area contributed by atoms with Crippen LogP contribution in [0.15, 0.2) is 101 Å². The lowest BCUT2D eigenvalue weighted by Gasteiger charge is -2.11. The van der Waals surface area contributed by atoms with E-state index in [4.69, 9.17) is 18.6 Å². The highest BCUT2D eigenvalue weighted by atomic mass is 16.5. The van der Waals surface area contributed by atoms with Crippen molar-refractivity contribution in [2.75, 3.05) is 13.7 Å². The molecule has 0 aliphatic rings. The SMILES string of the molecule is C=CCNC(=O)c1cc2ccc(OC(=O)/C=C/c3ccc(OCc4ccccc4)c(OC)c3)cc2oc1=O. The third kappa shape index (κ3) is 6.55. The minimum absolute atomic E-state index is 0.126. The van der Waals surface area contributed by atoms with Crippen molar-refractivity contribution in [3.05, 3.63) is 119 Å². The fourth-order valence-electron chi connectivity index (χ4n) is 3.53. The van der Waals surface area contributed by atoms with E-state index in [1.54, 1.807) is 43.5 Å². The molecule has 1 N–H and O–H groups in total. The molecular weight excluding hydrogens is 486 g/mol. The first kappa shape index (κ1) is 26.0. The summed E-state index contributed by atoms with van der Waals surface area (Å²) in [6.45, 7) is 4.13. The highest BCUT2D eigenvalue weighted by molar-refractivity contribution is 5.97. The minimum atomic E-state index is -0.799. The van der Waals surface area contributed by atoms with Crippen molar-refractivity contribution in [1.29, 1.82) is 0 Å². The van der Waals surface area contributed by atoms with Crippen LogP contribution in [0.25, 0.3) is 17.0 Å². The van der Waals surface area contributed by atoms with Gasteiger partial charge in [-0.25, -0.2) is 9.59 Å². The number of fused-ring (bicyclic) bond motifs is 1. The van der Waals surface area contributed by atoms with Gasteiger partial charge in [-0.3, -0.25) is 4.79 Å². The minimum Gasteiger partial charge on any atom is -0.493 e. The van der Waals surface area contributed by atoms with Gasteiger partial charge in [0.1, 0.15) is 23.5 Å². The molecule has 1 heterocycles. The third-order valence-electron chi connectivity index (χ3n) is 5.41. The lowest BCUT2D eigenvalue weighted by Crippen LogP contribution is -2.28. The smallest absolute Gasteiger partial charge is 0.349 e. The lowest BCUT2D eigenvalue weighted by molar-refractivity contribution is -0.128. The molecule has 8 heteroatoms. The Morgan fingerprint density at radius 2 is 1.82 bits per heavy atom. The zero-order chi connectivity index (χ0) is 26.9. The lowest BCUT2D eigenvalue weighted by atomic mass is 10.1. The van der Waals surface area contributed by atoms with Gasteiger partial charge in [-0.15, -0.1) is 6.58 Å². The van der Waals surface area contributed by atoms with Gasteiger partial charge < -0.3 is 23.9 Å². The van der Waals surface area contributed by atoms with Crippen molar-refractivity contribution in [3.63, 3.8) is 0 Å². The Bertz CT molecular complexity index is 1550. The largest absolute Gasteiger partial charge is 0.493 e. The predicted molar refractivity (Wildman–Crippen MR) is 143 cm³/mol. The van der Waals surface area contributed by atoms with E-state index in [0.717, 1.165) is 5.56 Å². The highest BCUT2D eigenvalue weighted by Crippen LogP contribution is 2.29. The quantitative estimate of drug-likeness (QED) is 0.106. The van der Waals surface area contributed by atoms with Gasteiger partial charge in [0.25, 0.3) is 5.91 Å². The van der Waals surface area contributed by atoms with Crippen LogP contribution in [0.2, 0.25) is 0 Å². The second-order valence-electron chi connectivity index (χ2n) is 8.08. The molecule has 192 valence electrons.